The van der Waals surface area contributed by atoms with Gasteiger partial charge < -0.3 is 14.0 Å². The number of hydrogen-bond acceptors (Lipinski definition) is 3. The molecular formula is C31H48NO3+. The molecule has 0 heterocycles. The summed E-state index contributed by atoms with van der Waals surface area (Å²) < 4.78 is 12.3. The zero-order valence-electron chi connectivity index (χ0n) is 22.5. The number of carbonyl (C=O) groups is 1. The Morgan fingerprint density at radius 1 is 0.771 bits per heavy atom. The Kier molecular flexibility index (Phi) is 14.2. The van der Waals surface area contributed by atoms with E-state index in [2.05, 4.69) is 63.5 Å². The molecule has 2 aromatic rings. The fraction of sp³-hybridized carbons (Fsp3) is 0.581. The van der Waals surface area contributed by atoms with Crippen molar-refractivity contribution in [2.45, 2.75) is 84.1 Å². The van der Waals surface area contributed by atoms with Gasteiger partial charge in [0.1, 0.15) is 12.3 Å². The highest BCUT2D eigenvalue weighted by atomic mass is 16.5. The highest BCUT2D eigenvalue weighted by molar-refractivity contribution is 5.69. The zero-order chi connectivity index (χ0) is 25.2. The smallest absolute Gasteiger partial charge is 0.311 e. The summed E-state index contributed by atoms with van der Waals surface area (Å²) in [5.74, 6) is 0.902. The second-order valence-electron chi connectivity index (χ2n) is 10.3. The fourth-order valence-electron chi connectivity index (χ4n) is 4.32. The van der Waals surface area contributed by atoms with Crippen LogP contribution in [0.25, 0.3) is 0 Å². The molecule has 4 nitrogen and oxygen atoms in total. The maximum atomic E-state index is 12.2. The van der Waals surface area contributed by atoms with Gasteiger partial charge in [0, 0.05) is 5.56 Å². The van der Waals surface area contributed by atoms with Gasteiger partial charge >= 0.3 is 5.97 Å². The highest BCUT2D eigenvalue weighted by Gasteiger charge is 2.18. The first-order chi connectivity index (χ1) is 17.0. The Hall–Kier alpha value is -2.33. The quantitative estimate of drug-likeness (QED) is 0.119. The van der Waals surface area contributed by atoms with Crippen LogP contribution in [-0.4, -0.2) is 44.3 Å². The van der Waals surface area contributed by atoms with Gasteiger partial charge in [0.2, 0.25) is 0 Å². The Morgan fingerprint density at radius 2 is 1.43 bits per heavy atom. The summed E-state index contributed by atoms with van der Waals surface area (Å²) in [5, 5.41) is 0. The molecule has 0 saturated carbocycles. The molecule has 4 heteroatoms. The molecule has 0 fully saturated rings. The van der Waals surface area contributed by atoms with Crippen LogP contribution in [0.5, 0.6) is 5.75 Å². The van der Waals surface area contributed by atoms with Gasteiger partial charge in [-0.15, -0.1) is 0 Å². The van der Waals surface area contributed by atoms with E-state index in [4.69, 9.17) is 9.47 Å². The second-order valence-corrected chi connectivity index (χ2v) is 10.3. The summed E-state index contributed by atoms with van der Waals surface area (Å²) in [5.41, 5.74) is 2.60. The first-order valence-corrected chi connectivity index (χ1v) is 13.7. The standard InChI is InChI=1S/C31H48NO3/c1-4-5-6-7-8-9-13-20-29-21-14-15-22-30(29)34-25-16-17-26-35-31(33)23-24-32(2,3)27-28-18-11-10-12-19-28/h10-12,14-15,18-19,21-22H,4-9,13,16-17,20,23-27H2,1-3H3/q+1. The van der Waals surface area contributed by atoms with Gasteiger partial charge in [-0.2, -0.15) is 0 Å². The van der Waals surface area contributed by atoms with Crippen LogP contribution < -0.4 is 4.74 Å². The van der Waals surface area contributed by atoms with Gasteiger partial charge in [-0.1, -0.05) is 94.0 Å². The molecule has 2 aromatic carbocycles. The van der Waals surface area contributed by atoms with E-state index in [1.165, 1.54) is 56.1 Å². The summed E-state index contributed by atoms with van der Waals surface area (Å²) in [4.78, 5) is 12.2. The lowest BCUT2D eigenvalue weighted by Crippen LogP contribution is -2.40. The molecule has 0 aliphatic carbocycles. The molecular weight excluding hydrogens is 434 g/mol. The molecule has 0 radical (unpaired) electrons. The molecule has 0 N–H and O–H groups in total. The molecule has 0 aromatic heterocycles. The SMILES string of the molecule is CCCCCCCCCc1ccccc1OCCCCOC(=O)CC[N+](C)(C)Cc1ccccc1. The summed E-state index contributed by atoms with van der Waals surface area (Å²) in [7, 11) is 4.31. The van der Waals surface area contributed by atoms with Gasteiger partial charge in [-0.3, -0.25) is 4.79 Å². The van der Waals surface area contributed by atoms with E-state index in [9.17, 15) is 4.79 Å². The van der Waals surface area contributed by atoms with Crippen molar-refractivity contribution in [1.82, 2.24) is 0 Å². The topological polar surface area (TPSA) is 35.5 Å². The first kappa shape index (κ1) is 28.9. The third-order valence-electron chi connectivity index (χ3n) is 6.46. The zero-order valence-corrected chi connectivity index (χ0v) is 22.5. The minimum absolute atomic E-state index is 0.106. The third-order valence-corrected chi connectivity index (χ3v) is 6.46. The van der Waals surface area contributed by atoms with Crippen molar-refractivity contribution in [3.05, 3.63) is 65.7 Å². The fourth-order valence-corrected chi connectivity index (χ4v) is 4.32. The van der Waals surface area contributed by atoms with E-state index in [1.807, 2.05) is 12.1 Å². The van der Waals surface area contributed by atoms with Crippen molar-refractivity contribution < 1.29 is 18.8 Å². The van der Waals surface area contributed by atoms with Crippen LogP contribution in [0.2, 0.25) is 0 Å². The van der Waals surface area contributed by atoms with Crippen LogP contribution in [0.3, 0.4) is 0 Å². The monoisotopic (exact) mass is 482 g/mol. The number of quaternary nitrogens is 1. The molecule has 0 aliphatic rings. The van der Waals surface area contributed by atoms with Crippen LogP contribution in [0.4, 0.5) is 0 Å². The van der Waals surface area contributed by atoms with Crippen molar-refractivity contribution in [3.63, 3.8) is 0 Å². The maximum Gasteiger partial charge on any atom is 0.311 e. The largest absolute Gasteiger partial charge is 0.493 e. The molecule has 35 heavy (non-hydrogen) atoms. The Bertz CT molecular complexity index is 819. The molecule has 194 valence electrons. The minimum atomic E-state index is -0.106. The molecule has 0 amide bonds. The van der Waals surface area contributed by atoms with Crippen molar-refractivity contribution in [3.8, 4) is 5.75 Å². The summed E-state index contributed by atoms with van der Waals surface area (Å²) in [6.07, 6.45) is 12.5. The van der Waals surface area contributed by atoms with Gasteiger partial charge in [0.25, 0.3) is 0 Å². The Balaban J connectivity index is 1.55. The van der Waals surface area contributed by atoms with Gasteiger partial charge in [0.15, 0.2) is 0 Å². The number of esters is 1. The lowest BCUT2D eigenvalue weighted by atomic mass is 10.0. The number of aryl methyl sites for hydroxylation is 1. The average molecular weight is 483 g/mol. The number of benzene rings is 2. The van der Waals surface area contributed by atoms with Gasteiger partial charge in [-0.05, 0) is 37.3 Å². The number of nitrogens with zero attached hydrogens (tertiary/aromatic N) is 1. The molecule has 2 rings (SSSR count). The maximum absolute atomic E-state index is 12.2. The normalized spacial score (nSPS) is 11.4. The predicted molar refractivity (Wildman–Crippen MR) is 146 cm³/mol. The first-order valence-electron chi connectivity index (χ1n) is 13.7. The van der Waals surface area contributed by atoms with E-state index in [0.29, 0.717) is 19.6 Å². The van der Waals surface area contributed by atoms with E-state index in [-0.39, 0.29) is 5.97 Å². The second kappa shape index (κ2) is 17.2. The van der Waals surface area contributed by atoms with E-state index in [0.717, 1.165) is 42.6 Å². The Labute approximate surface area is 214 Å². The van der Waals surface area contributed by atoms with Crippen LogP contribution in [0.1, 0.15) is 82.3 Å². The number of para-hydroxylation sites is 1. The molecule has 0 spiro atoms. The van der Waals surface area contributed by atoms with E-state index >= 15 is 0 Å². The van der Waals surface area contributed by atoms with Crippen molar-refractivity contribution >= 4 is 5.97 Å². The summed E-state index contributed by atoms with van der Waals surface area (Å²) in [6.45, 7) is 5.07. The molecule has 0 atom stereocenters. The molecule has 0 aliphatic heterocycles. The van der Waals surface area contributed by atoms with Crippen LogP contribution in [0, 0.1) is 0 Å². The van der Waals surface area contributed by atoms with E-state index < -0.39 is 0 Å². The van der Waals surface area contributed by atoms with Gasteiger partial charge in [-0.25, -0.2) is 0 Å². The van der Waals surface area contributed by atoms with Crippen molar-refractivity contribution in [1.29, 1.82) is 0 Å². The molecule has 0 saturated heterocycles. The summed E-state index contributed by atoms with van der Waals surface area (Å²) >= 11 is 0. The van der Waals surface area contributed by atoms with Crippen LogP contribution >= 0.6 is 0 Å². The predicted octanol–water partition coefficient (Wildman–Crippen LogP) is 7.35. The van der Waals surface area contributed by atoms with Gasteiger partial charge in [0.05, 0.1) is 40.3 Å². The third kappa shape index (κ3) is 13.4. The number of rotatable bonds is 19. The number of hydrogen-bond donors (Lipinski definition) is 0. The molecule has 0 unspecified atom stereocenters. The van der Waals surface area contributed by atoms with Crippen LogP contribution in [-0.2, 0) is 22.5 Å². The Morgan fingerprint density at radius 3 is 2.20 bits per heavy atom. The minimum Gasteiger partial charge on any atom is -0.493 e. The van der Waals surface area contributed by atoms with E-state index in [1.54, 1.807) is 0 Å². The van der Waals surface area contributed by atoms with Crippen LogP contribution in [0.15, 0.2) is 54.6 Å². The molecule has 0 bridgehead atoms. The van der Waals surface area contributed by atoms with Crippen molar-refractivity contribution in [2.75, 3.05) is 33.9 Å². The lowest BCUT2D eigenvalue weighted by Gasteiger charge is -2.29. The number of carbonyl (C=O) groups excluding carboxylic acids is 1. The summed E-state index contributed by atoms with van der Waals surface area (Å²) in [6, 6.07) is 18.8. The average Bonchev–Trinajstić information content (AvgIpc) is 2.85. The number of unbranched alkanes of at least 4 members (excludes halogenated alkanes) is 7. The number of ether oxygens (including phenoxy) is 2. The van der Waals surface area contributed by atoms with Crippen molar-refractivity contribution in [2.24, 2.45) is 0 Å². The highest BCUT2D eigenvalue weighted by Crippen LogP contribution is 2.21. The lowest BCUT2D eigenvalue weighted by molar-refractivity contribution is -0.903.